The lowest BCUT2D eigenvalue weighted by atomic mass is 10.2. The minimum Gasteiger partial charge on any atom is -0.495 e. The summed E-state index contributed by atoms with van der Waals surface area (Å²) in [6.07, 6.45) is 4.28. The van der Waals surface area contributed by atoms with Crippen molar-refractivity contribution in [2.45, 2.75) is 11.8 Å². The summed E-state index contributed by atoms with van der Waals surface area (Å²) in [5.41, 5.74) is 2.09. The Hall–Kier alpha value is -2.15. The highest BCUT2D eigenvalue weighted by atomic mass is 32.2. The number of rotatable bonds is 6. The van der Waals surface area contributed by atoms with Gasteiger partial charge in [-0.25, -0.2) is 8.42 Å². The van der Waals surface area contributed by atoms with Crippen molar-refractivity contribution in [3.63, 3.8) is 0 Å². The Balaban J connectivity index is 1.61. The first-order chi connectivity index (χ1) is 13.0. The van der Waals surface area contributed by atoms with Gasteiger partial charge in [0.2, 0.25) is 10.0 Å². The van der Waals surface area contributed by atoms with E-state index in [9.17, 15) is 8.42 Å². The van der Waals surface area contributed by atoms with Gasteiger partial charge in [-0.05, 0) is 36.3 Å². The molecular weight excluding hydrogens is 360 g/mol. The lowest BCUT2D eigenvalue weighted by Crippen LogP contribution is -3.14. The molecule has 144 valence electrons. The van der Waals surface area contributed by atoms with Crippen LogP contribution in [-0.2, 0) is 10.0 Å². The van der Waals surface area contributed by atoms with Gasteiger partial charge in [0, 0.05) is 0 Å². The van der Waals surface area contributed by atoms with Gasteiger partial charge in [-0.15, -0.1) is 0 Å². The number of benzene rings is 2. The van der Waals surface area contributed by atoms with Crippen LogP contribution < -0.4 is 9.64 Å². The van der Waals surface area contributed by atoms with Gasteiger partial charge in [-0.2, -0.15) is 4.31 Å². The van der Waals surface area contributed by atoms with Crippen LogP contribution in [0.5, 0.6) is 5.75 Å². The van der Waals surface area contributed by atoms with E-state index in [1.54, 1.807) is 16.4 Å². The molecule has 2 aromatic rings. The predicted molar refractivity (Wildman–Crippen MR) is 108 cm³/mol. The topological polar surface area (TPSA) is 51.1 Å². The van der Waals surface area contributed by atoms with Gasteiger partial charge in [-0.3, -0.25) is 0 Å². The summed E-state index contributed by atoms with van der Waals surface area (Å²) in [7, 11) is -2.03. The van der Waals surface area contributed by atoms with Crippen molar-refractivity contribution in [3.05, 3.63) is 65.7 Å². The molecular formula is C21H27N2O3S+. The van der Waals surface area contributed by atoms with Gasteiger partial charge in [0.1, 0.15) is 10.6 Å². The van der Waals surface area contributed by atoms with Crippen molar-refractivity contribution in [1.29, 1.82) is 0 Å². The molecule has 0 aliphatic carbocycles. The van der Waals surface area contributed by atoms with Crippen molar-refractivity contribution in [2.75, 3.05) is 39.8 Å². The quantitative estimate of drug-likeness (QED) is 0.819. The fourth-order valence-electron chi connectivity index (χ4n) is 3.30. The third-order valence-electron chi connectivity index (χ3n) is 4.88. The zero-order valence-corrected chi connectivity index (χ0v) is 16.7. The molecule has 0 radical (unpaired) electrons. The van der Waals surface area contributed by atoms with Gasteiger partial charge in [0.15, 0.2) is 0 Å². The molecule has 1 aliphatic rings. The van der Waals surface area contributed by atoms with E-state index in [2.05, 4.69) is 24.3 Å². The van der Waals surface area contributed by atoms with E-state index in [1.165, 1.54) is 17.6 Å². The molecule has 1 saturated heterocycles. The summed E-state index contributed by atoms with van der Waals surface area (Å²) in [5.74, 6) is 0.404. The van der Waals surface area contributed by atoms with Crippen LogP contribution in [0.25, 0.3) is 6.08 Å². The van der Waals surface area contributed by atoms with Crippen LogP contribution in [0, 0.1) is 6.92 Å². The monoisotopic (exact) mass is 387 g/mol. The number of methoxy groups -OCH3 is 1. The fraction of sp³-hybridized carbons (Fsp3) is 0.333. The molecule has 2 aromatic carbocycles. The van der Waals surface area contributed by atoms with Crippen LogP contribution in [0.15, 0.2) is 59.5 Å². The maximum absolute atomic E-state index is 13.0. The average Bonchev–Trinajstić information content (AvgIpc) is 2.69. The maximum atomic E-state index is 13.0. The second-order valence-corrected chi connectivity index (χ2v) is 8.73. The Morgan fingerprint density at radius 1 is 1.11 bits per heavy atom. The SMILES string of the molecule is COc1ccc(C)cc1S(=O)(=O)N1CC[NH+](C/C=C/c2ccccc2)CC1. The van der Waals surface area contributed by atoms with E-state index in [4.69, 9.17) is 4.74 Å². The first-order valence-corrected chi connectivity index (χ1v) is 10.6. The number of nitrogens with one attached hydrogen (secondary N) is 1. The van der Waals surface area contributed by atoms with Gasteiger partial charge >= 0.3 is 0 Å². The molecule has 0 atom stereocenters. The highest BCUT2D eigenvalue weighted by Crippen LogP contribution is 2.27. The Bertz CT molecular complexity index is 887. The minimum absolute atomic E-state index is 0.262. The van der Waals surface area contributed by atoms with Crippen molar-refractivity contribution in [2.24, 2.45) is 0 Å². The van der Waals surface area contributed by atoms with E-state index in [-0.39, 0.29) is 4.90 Å². The standard InChI is InChI=1S/C21H26N2O3S/c1-18-10-11-20(26-2)21(17-18)27(24,25)23-15-13-22(14-16-23)12-6-9-19-7-4-3-5-8-19/h3-11,17H,12-16H2,1-2H3/p+1/b9-6+. The van der Waals surface area contributed by atoms with E-state index >= 15 is 0 Å². The van der Waals surface area contributed by atoms with Crippen LogP contribution in [0.2, 0.25) is 0 Å². The van der Waals surface area contributed by atoms with Crippen LogP contribution in [0.4, 0.5) is 0 Å². The number of ether oxygens (including phenoxy) is 1. The van der Waals surface area contributed by atoms with Crippen LogP contribution in [0.3, 0.4) is 0 Å². The molecule has 3 rings (SSSR count). The van der Waals surface area contributed by atoms with Crippen LogP contribution in [-0.4, -0.2) is 52.6 Å². The Morgan fingerprint density at radius 3 is 2.48 bits per heavy atom. The number of hydrogen-bond donors (Lipinski definition) is 1. The molecule has 1 N–H and O–H groups in total. The molecule has 1 fully saturated rings. The van der Waals surface area contributed by atoms with Crippen molar-refractivity contribution < 1.29 is 18.1 Å². The summed E-state index contributed by atoms with van der Waals surface area (Å²) < 4.78 is 32.9. The zero-order chi connectivity index (χ0) is 19.3. The smallest absolute Gasteiger partial charge is 0.247 e. The Labute approximate surface area is 161 Å². The molecule has 0 saturated carbocycles. The largest absolute Gasteiger partial charge is 0.495 e. The van der Waals surface area contributed by atoms with E-state index < -0.39 is 10.0 Å². The molecule has 0 unspecified atom stereocenters. The molecule has 0 amide bonds. The summed E-state index contributed by atoms with van der Waals surface area (Å²) in [6.45, 7) is 5.43. The van der Waals surface area contributed by atoms with Crippen molar-refractivity contribution in [3.8, 4) is 5.75 Å². The zero-order valence-electron chi connectivity index (χ0n) is 15.9. The number of piperazine rings is 1. The van der Waals surface area contributed by atoms with Crippen LogP contribution >= 0.6 is 0 Å². The average molecular weight is 388 g/mol. The predicted octanol–water partition coefficient (Wildman–Crippen LogP) is 1.61. The van der Waals surface area contributed by atoms with E-state index in [1.807, 2.05) is 31.2 Å². The minimum atomic E-state index is -3.54. The molecule has 0 aromatic heterocycles. The summed E-state index contributed by atoms with van der Waals surface area (Å²) in [6, 6.07) is 15.5. The van der Waals surface area contributed by atoms with Gasteiger partial charge in [-0.1, -0.05) is 42.5 Å². The first kappa shape index (κ1) is 19.6. The molecule has 27 heavy (non-hydrogen) atoms. The lowest BCUT2D eigenvalue weighted by Gasteiger charge is -2.31. The second kappa shape index (κ2) is 8.69. The number of nitrogens with zero attached hydrogens (tertiary/aromatic N) is 1. The van der Waals surface area contributed by atoms with Gasteiger partial charge < -0.3 is 9.64 Å². The third kappa shape index (κ3) is 4.77. The first-order valence-electron chi connectivity index (χ1n) is 9.20. The van der Waals surface area contributed by atoms with E-state index in [0.717, 1.165) is 25.2 Å². The molecule has 1 heterocycles. The van der Waals surface area contributed by atoms with Gasteiger partial charge in [0.05, 0.1) is 39.8 Å². The molecule has 0 spiro atoms. The Morgan fingerprint density at radius 2 is 1.81 bits per heavy atom. The van der Waals surface area contributed by atoms with Gasteiger partial charge in [0.25, 0.3) is 0 Å². The third-order valence-corrected chi connectivity index (χ3v) is 6.80. The molecule has 0 bridgehead atoms. The number of sulfonamides is 1. The normalized spacial score (nSPS) is 16.7. The lowest BCUT2D eigenvalue weighted by molar-refractivity contribution is -0.897. The number of quaternary nitrogens is 1. The van der Waals surface area contributed by atoms with E-state index in [0.29, 0.717) is 18.8 Å². The summed E-state index contributed by atoms with van der Waals surface area (Å²) >= 11 is 0. The Kier molecular flexibility index (Phi) is 6.31. The highest BCUT2D eigenvalue weighted by Gasteiger charge is 2.32. The van der Waals surface area contributed by atoms with Crippen LogP contribution in [0.1, 0.15) is 11.1 Å². The summed E-state index contributed by atoms with van der Waals surface area (Å²) in [4.78, 5) is 1.65. The maximum Gasteiger partial charge on any atom is 0.247 e. The molecule has 1 aliphatic heterocycles. The van der Waals surface area contributed by atoms with Crippen molar-refractivity contribution in [1.82, 2.24) is 4.31 Å². The summed E-state index contributed by atoms with van der Waals surface area (Å²) in [5, 5.41) is 0. The molecule has 5 nitrogen and oxygen atoms in total. The number of hydrogen-bond acceptors (Lipinski definition) is 3. The fourth-order valence-corrected chi connectivity index (χ4v) is 4.98. The van der Waals surface area contributed by atoms with Crippen molar-refractivity contribution >= 4 is 16.1 Å². The number of aryl methyl sites for hydroxylation is 1. The molecule has 6 heteroatoms. The second-order valence-electron chi connectivity index (χ2n) is 6.83. The highest BCUT2D eigenvalue weighted by molar-refractivity contribution is 7.89.